The molecule has 1 fully saturated rings. The predicted molar refractivity (Wildman–Crippen MR) is 110 cm³/mol. The number of benzene rings is 1. The Morgan fingerprint density at radius 1 is 1.14 bits per heavy atom. The predicted octanol–water partition coefficient (Wildman–Crippen LogP) is 3.53. The van der Waals surface area contributed by atoms with E-state index in [1.165, 1.54) is 0 Å². The Morgan fingerprint density at radius 3 is 2.61 bits per heavy atom. The zero-order chi connectivity index (χ0) is 19.7. The van der Waals surface area contributed by atoms with Gasteiger partial charge in [0, 0.05) is 31.6 Å². The first-order chi connectivity index (χ1) is 13.4. The monoisotopic (exact) mass is 417 g/mol. The molecule has 0 saturated carbocycles. The van der Waals surface area contributed by atoms with Gasteiger partial charge in [0.25, 0.3) is 0 Å². The summed E-state index contributed by atoms with van der Waals surface area (Å²) in [5, 5.41) is 3.01. The summed E-state index contributed by atoms with van der Waals surface area (Å²) in [6.45, 7) is 6.92. The van der Waals surface area contributed by atoms with Gasteiger partial charge >= 0.3 is 0 Å². The Kier molecular flexibility index (Phi) is 5.37. The van der Waals surface area contributed by atoms with Crippen LogP contribution in [0.5, 0.6) is 0 Å². The maximum Gasteiger partial charge on any atom is 0.243 e. The zero-order valence-electron chi connectivity index (χ0n) is 16.0. The number of nitrogens with zero attached hydrogens (tertiary/aromatic N) is 3. The average molecular weight is 418 g/mol. The molecule has 0 aliphatic carbocycles. The normalized spacial score (nSPS) is 16.5. The maximum absolute atomic E-state index is 13.0. The molecule has 0 radical (unpaired) electrons. The van der Waals surface area contributed by atoms with Gasteiger partial charge in [-0.05, 0) is 37.6 Å². The maximum atomic E-state index is 13.0. The van der Waals surface area contributed by atoms with Crippen molar-refractivity contribution in [2.75, 3.05) is 26.2 Å². The van der Waals surface area contributed by atoms with E-state index < -0.39 is 10.0 Å². The van der Waals surface area contributed by atoms with E-state index in [2.05, 4.69) is 9.88 Å². The quantitative estimate of drug-likeness (QED) is 0.635. The molecule has 0 unspecified atom stereocenters. The molecule has 6 nitrogen and oxygen atoms in total. The van der Waals surface area contributed by atoms with Crippen molar-refractivity contribution in [1.82, 2.24) is 14.2 Å². The van der Waals surface area contributed by atoms with Gasteiger partial charge in [-0.25, -0.2) is 13.4 Å². The number of rotatable bonds is 5. The van der Waals surface area contributed by atoms with E-state index >= 15 is 0 Å². The third-order valence-electron chi connectivity index (χ3n) is 4.96. The summed E-state index contributed by atoms with van der Waals surface area (Å²) in [6.07, 6.45) is 1.64. The summed E-state index contributed by atoms with van der Waals surface area (Å²) < 4.78 is 33.0. The van der Waals surface area contributed by atoms with Crippen molar-refractivity contribution >= 4 is 21.4 Å². The first-order valence-electron chi connectivity index (χ1n) is 9.21. The summed E-state index contributed by atoms with van der Waals surface area (Å²) in [4.78, 5) is 7.29. The molecule has 3 aromatic rings. The SMILES string of the molecule is Cc1ccc(S(=O)(=O)N2CCN(Cc3nc(-c4ccco4)cs3)CC2)c(C)c1. The number of furan rings is 1. The van der Waals surface area contributed by atoms with Crippen LogP contribution in [0.1, 0.15) is 16.1 Å². The zero-order valence-corrected chi connectivity index (χ0v) is 17.6. The average Bonchev–Trinajstić information content (AvgIpc) is 3.33. The van der Waals surface area contributed by atoms with Crippen LogP contribution in [0.25, 0.3) is 11.5 Å². The van der Waals surface area contributed by atoms with E-state index in [1.807, 2.05) is 43.5 Å². The molecular weight excluding hydrogens is 394 g/mol. The van der Waals surface area contributed by atoms with Crippen LogP contribution in [0, 0.1) is 13.8 Å². The van der Waals surface area contributed by atoms with E-state index in [4.69, 9.17) is 4.42 Å². The van der Waals surface area contributed by atoms with Crippen molar-refractivity contribution in [3.05, 3.63) is 58.1 Å². The second kappa shape index (κ2) is 7.79. The third-order valence-corrected chi connectivity index (χ3v) is 7.86. The number of thiazole rings is 1. The summed E-state index contributed by atoms with van der Waals surface area (Å²) in [5.41, 5.74) is 2.72. The summed E-state index contributed by atoms with van der Waals surface area (Å²) >= 11 is 1.60. The molecule has 0 amide bonds. The Labute approximate surface area is 169 Å². The molecule has 0 N–H and O–H groups in total. The summed E-state index contributed by atoms with van der Waals surface area (Å²) in [5.74, 6) is 0.770. The van der Waals surface area contributed by atoms with Crippen molar-refractivity contribution in [2.45, 2.75) is 25.3 Å². The smallest absolute Gasteiger partial charge is 0.243 e. The van der Waals surface area contributed by atoms with Gasteiger partial charge in [0.05, 0.1) is 17.7 Å². The lowest BCUT2D eigenvalue weighted by Crippen LogP contribution is -2.48. The molecule has 0 atom stereocenters. The molecule has 0 spiro atoms. The summed E-state index contributed by atoms with van der Waals surface area (Å²) in [7, 11) is -3.45. The highest BCUT2D eigenvalue weighted by atomic mass is 32.2. The highest BCUT2D eigenvalue weighted by molar-refractivity contribution is 7.89. The minimum atomic E-state index is -3.45. The van der Waals surface area contributed by atoms with Gasteiger partial charge in [-0.3, -0.25) is 4.90 Å². The molecule has 2 aromatic heterocycles. The molecule has 1 aliphatic rings. The van der Waals surface area contributed by atoms with Crippen molar-refractivity contribution in [2.24, 2.45) is 0 Å². The van der Waals surface area contributed by atoms with Gasteiger partial charge < -0.3 is 4.42 Å². The van der Waals surface area contributed by atoms with Crippen LogP contribution in [-0.2, 0) is 16.6 Å². The molecule has 28 heavy (non-hydrogen) atoms. The molecule has 1 aromatic carbocycles. The van der Waals surface area contributed by atoms with Crippen LogP contribution in [0.4, 0.5) is 0 Å². The molecule has 0 bridgehead atoms. The summed E-state index contributed by atoms with van der Waals surface area (Å²) in [6, 6.07) is 9.24. The molecule has 8 heteroatoms. The van der Waals surface area contributed by atoms with Gasteiger partial charge in [-0.1, -0.05) is 17.7 Å². The second-order valence-corrected chi connectivity index (χ2v) is 9.90. The van der Waals surface area contributed by atoms with Crippen LogP contribution in [0.15, 0.2) is 51.3 Å². The molecule has 4 rings (SSSR count). The van der Waals surface area contributed by atoms with Crippen LogP contribution in [0.3, 0.4) is 0 Å². The highest BCUT2D eigenvalue weighted by Gasteiger charge is 2.29. The van der Waals surface area contributed by atoms with Crippen molar-refractivity contribution in [1.29, 1.82) is 0 Å². The Hall–Kier alpha value is -2.00. The van der Waals surface area contributed by atoms with Crippen molar-refractivity contribution in [3.63, 3.8) is 0 Å². The first-order valence-corrected chi connectivity index (χ1v) is 11.5. The second-order valence-electron chi connectivity index (χ2n) is 7.05. The van der Waals surface area contributed by atoms with Gasteiger partial charge in [-0.15, -0.1) is 11.3 Å². The lowest BCUT2D eigenvalue weighted by Gasteiger charge is -2.33. The van der Waals surface area contributed by atoms with Crippen LogP contribution >= 0.6 is 11.3 Å². The Bertz CT molecular complexity index is 1050. The molecule has 1 aliphatic heterocycles. The van der Waals surface area contributed by atoms with Crippen molar-refractivity contribution < 1.29 is 12.8 Å². The number of piperazine rings is 1. The topological polar surface area (TPSA) is 66.7 Å². The van der Waals surface area contributed by atoms with E-state index in [-0.39, 0.29) is 0 Å². The number of hydrogen-bond acceptors (Lipinski definition) is 6. The van der Waals surface area contributed by atoms with Gasteiger partial charge in [-0.2, -0.15) is 4.31 Å². The fourth-order valence-corrected chi connectivity index (χ4v) is 5.92. The first kappa shape index (κ1) is 19.3. The third kappa shape index (κ3) is 3.91. The largest absolute Gasteiger partial charge is 0.463 e. The molecule has 3 heterocycles. The lowest BCUT2D eigenvalue weighted by atomic mass is 10.2. The number of sulfonamides is 1. The standard InChI is InChI=1S/C20H23N3O3S2/c1-15-5-6-19(16(2)12-15)28(24,25)23-9-7-22(8-10-23)13-20-21-17(14-27-20)18-4-3-11-26-18/h3-6,11-12,14H,7-10,13H2,1-2H3. The fourth-order valence-electron chi connectivity index (χ4n) is 3.47. The van der Waals surface area contributed by atoms with E-state index in [9.17, 15) is 8.42 Å². The minimum absolute atomic E-state index is 0.412. The highest BCUT2D eigenvalue weighted by Crippen LogP contribution is 2.25. The van der Waals surface area contributed by atoms with Gasteiger partial charge in [0.2, 0.25) is 10.0 Å². The number of hydrogen-bond donors (Lipinski definition) is 0. The van der Waals surface area contributed by atoms with Gasteiger partial charge in [0.15, 0.2) is 5.76 Å². The molecule has 148 valence electrons. The van der Waals surface area contributed by atoms with E-state index in [1.54, 1.807) is 28.0 Å². The lowest BCUT2D eigenvalue weighted by molar-refractivity contribution is 0.181. The fraction of sp³-hybridized carbons (Fsp3) is 0.350. The van der Waals surface area contributed by atoms with Crippen molar-refractivity contribution in [3.8, 4) is 11.5 Å². The Morgan fingerprint density at radius 2 is 1.93 bits per heavy atom. The van der Waals surface area contributed by atoms with Crippen LogP contribution in [0.2, 0.25) is 0 Å². The number of aromatic nitrogens is 1. The molecular formula is C20H23N3O3S2. The Balaban J connectivity index is 1.39. The van der Waals surface area contributed by atoms with Crippen LogP contribution < -0.4 is 0 Å². The van der Waals surface area contributed by atoms with Crippen LogP contribution in [-0.4, -0.2) is 48.8 Å². The number of aryl methyl sites for hydroxylation is 2. The van der Waals surface area contributed by atoms with E-state index in [0.717, 1.165) is 34.1 Å². The molecule has 1 saturated heterocycles. The minimum Gasteiger partial charge on any atom is -0.463 e. The van der Waals surface area contributed by atoms with E-state index in [0.29, 0.717) is 31.1 Å². The van der Waals surface area contributed by atoms with Gasteiger partial charge in [0.1, 0.15) is 10.7 Å².